The minimum atomic E-state index is 0.230. The minimum Gasteiger partial charge on any atom is -0.340 e. The van der Waals surface area contributed by atoms with Crippen LogP contribution in [0.3, 0.4) is 0 Å². The Morgan fingerprint density at radius 3 is 2.52 bits per heavy atom. The maximum Gasteiger partial charge on any atom is 0.225 e. The number of piperazine rings is 1. The Hall–Kier alpha value is -0.910. The van der Waals surface area contributed by atoms with Crippen molar-refractivity contribution in [2.24, 2.45) is 11.7 Å². The Kier molecular flexibility index (Phi) is 4.93. The second kappa shape index (κ2) is 6.90. The van der Waals surface area contributed by atoms with Crippen molar-refractivity contribution in [2.45, 2.75) is 38.3 Å². The molecule has 116 valence electrons. The van der Waals surface area contributed by atoms with Crippen LogP contribution in [0.1, 0.15) is 31.2 Å². The molecule has 3 rings (SSSR count). The largest absolute Gasteiger partial charge is 0.340 e. The summed E-state index contributed by atoms with van der Waals surface area (Å²) >= 11 is 1.75. The van der Waals surface area contributed by atoms with Crippen molar-refractivity contribution in [2.75, 3.05) is 26.2 Å². The summed E-state index contributed by atoms with van der Waals surface area (Å²) < 4.78 is 0. The van der Waals surface area contributed by atoms with E-state index in [1.165, 1.54) is 5.56 Å². The van der Waals surface area contributed by atoms with Gasteiger partial charge in [-0.1, -0.05) is 0 Å². The van der Waals surface area contributed by atoms with Gasteiger partial charge in [0.05, 0.1) is 0 Å². The first kappa shape index (κ1) is 15.0. The van der Waals surface area contributed by atoms with Gasteiger partial charge in [0.25, 0.3) is 0 Å². The molecule has 2 fully saturated rings. The van der Waals surface area contributed by atoms with E-state index in [1.54, 1.807) is 11.3 Å². The highest BCUT2D eigenvalue weighted by molar-refractivity contribution is 7.07. The van der Waals surface area contributed by atoms with Gasteiger partial charge in [0, 0.05) is 44.7 Å². The smallest absolute Gasteiger partial charge is 0.225 e. The first-order valence-corrected chi connectivity index (χ1v) is 8.94. The fraction of sp³-hybridized carbons (Fsp3) is 0.688. The summed E-state index contributed by atoms with van der Waals surface area (Å²) in [6, 6.07) is 2.50. The van der Waals surface area contributed by atoms with Crippen molar-refractivity contribution in [1.82, 2.24) is 9.80 Å². The van der Waals surface area contributed by atoms with E-state index in [-0.39, 0.29) is 5.92 Å². The topological polar surface area (TPSA) is 49.6 Å². The SMILES string of the molecule is NC1CCC(C(=O)N2CCN(Cc3ccsc3)CC2)CC1. The van der Waals surface area contributed by atoms with E-state index >= 15 is 0 Å². The number of nitrogens with zero attached hydrogens (tertiary/aromatic N) is 2. The number of hydrogen-bond acceptors (Lipinski definition) is 4. The van der Waals surface area contributed by atoms with Crippen molar-refractivity contribution in [1.29, 1.82) is 0 Å². The number of nitrogens with two attached hydrogens (primary N) is 1. The zero-order valence-electron chi connectivity index (χ0n) is 12.5. The normalized spacial score (nSPS) is 27.8. The van der Waals surface area contributed by atoms with Gasteiger partial charge in [0.1, 0.15) is 0 Å². The van der Waals surface area contributed by atoms with E-state index in [1.807, 2.05) is 0 Å². The molecule has 4 nitrogen and oxygen atoms in total. The molecule has 0 spiro atoms. The summed E-state index contributed by atoms with van der Waals surface area (Å²) in [6.07, 6.45) is 3.98. The molecule has 21 heavy (non-hydrogen) atoms. The summed E-state index contributed by atoms with van der Waals surface area (Å²) in [5.41, 5.74) is 7.32. The fourth-order valence-electron chi connectivity index (χ4n) is 3.39. The molecule has 1 amide bonds. The molecule has 0 aromatic carbocycles. The quantitative estimate of drug-likeness (QED) is 0.928. The van der Waals surface area contributed by atoms with E-state index in [9.17, 15) is 4.79 Å². The molecule has 1 aromatic heterocycles. The van der Waals surface area contributed by atoms with Crippen LogP contribution >= 0.6 is 11.3 Å². The molecule has 1 aliphatic carbocycles. The van der Waals surface area contributed by atoms with Crippen LogP contribution in [0.5, 0.6) is 0 Å². The van der Waals surface area contributed by atoms with Gasteiger partial charge in [0.2, 0.25) is 5.91 Å². The Labute approximate surface area is 130 Å². The highest BCUT2D eigenvalue weighted by atomic mass is 32.1. The molecule has 2 heterocycles. The maximum atomic E-state index is 12.6. The maximum absolute atomic E-state index is 12.6. The van der Waals surface area contributed by atoms with E-state index in [4.69, 9.17) is 5.73 Å². The summed E-state index contributed by atoms with van der Waals surface area (Å²) in [7, 11) is 0. The molecule has 1 aliphatic heterocycles. The first-order valence-electron chi connectivity index (χ1n) is 8.00. The number of carbonyl (C=O) groups is 1. The monoisotopic (exact) mass is 307 g/mol. The Balaban J connectivity index is 1.45. The van der Waals surface area contributed by atoms with Crippen molar-refractivity contribution in [3.63, 3.8) is 0 Å². The Morgan fingerprint density at radius 2 is 1.90 bits per heavy atom. The van der Waals surface area contributed by atoms with E-state index < -0.39 is 0 Å². The van der Waals surface area contributed by atoms with Gasteiger partial charge in [-0.3, -0.25) is 9.69 Å². The third-order valence-corrected chi connectivity index (χ3v) is 5.52. The van der Waals surface area contributed by atoms with Crippen LogP contribution in [-0.2, 0) is 11.3 Å². The number of thiophene rings is 1. The predicted molar refractivity (Wildman–Crippen MR) is 86.1 cm³/mol. The Bertz CT molecular complexity index is 446. The van der Waals surface area contributed by atoms with E-state index in [0.717, 1.165) is 58.4 Å². The van der Waals surface area contributed by atoms with Gasteiger partial charge in [-0.25, -0.2) is 0 Å². The van der Waals surface area contributed by atoms with Crippen LogP contribution in [0.2, 0.25) is 0 Å². The fourth-order valence-corrected chi connectivity index (χ4v) is 4.05. The molecule has 1 saturated carbocycles. The average Bonchev–Trinajstić information content (AvgIpc) is 3.01. The summed E-state index contributed by atoms with van der Waals surface area (Å²) in [5, 5.41) is 4.34. The van der Waals surface area contributed by atoms with Gasteiger partial charge < -0.3 is 10.6 Å². The van der Waals surface area contributed by atoms with Gasteiger partial charge >= 0.3 is 0 Å². The molecular weight excluding hydrogens is 282 g/mol. The third kappa shape index (κ3) is 3.84. The van der Waals surface area contributed by atoms with Crippen molar-refractivity contribution < 1.29 is 4.79 Å². The van der Waals surface area contributed by atoms with Crippen molar-refractivity contribution in [3.05, 3.63) is 22.4 Å². The minimum absolute atomic E-state index is 0.230. The Morgan fingerprint density at radius 1 is 1.19 bits per heavy atom. The average molecular weight is 307 g/mol. The second-order valence-corrected chi connectivity index (χ2v) is 7.12. The highest BCUT2D eigenvalue weighted by Gasteiger charge is 2.30. The molecule has 0 atom stereocenters. The molecule has 2 N–H and O–H groups in total. The van der Waals surface area contributed by atoms with Crippen LogP contribution in [0.25, 0.3) is 0 Å². The summed E-state index contributed by atoms with van der Waals surface area (Å²) in [5.74, 6) is 0.602. The highest BCUT2D eigenvalue weighted by Crippen LogP contribution is 2.25. The van der Waals surface area contributed by atoms with Crippen molar-refractivity contribution >= 4 is 17.2 Å². The van der Waals surface area contributed by atoms with Crippen LogP contribution in [0, 0.1) is 5.92 Å². The van der Waals surface area contributed by atoms with Crippen LogP contribution in [0.15, 0.2) is 16.8 Å². The predicted octanol–water partition coefficient (Wildman–Crippen LogP) is 1.91. The zero-order chi connectivity index (χ0) is 14.7. The molecule has 5 heteroatoms. The standard InChI is InChI=1S/C16H25N3OS/c17-15-3-1-14(2-4-15)16(20)19-8-6-18(7-9-19)11-13-5-10-21-12-13/h5,10,12,14-15H,1-4,6-9,11,17H2. The van der Waals surface area contributed by atoms with Gasteiger partial charge in [-0.15, -0.1) is 0 Å². The zero-order valence-corrected chi connectivity index (χ0v) is 13.4. The van der Waals surface area contributed by atoms with Crippen molar-refractivity contribution in [3.8, 4) is 0 Å². The van der Waals surface area contributed by atoms with Crippen LogP contribution in [0.4, 0.5) is 0 Å². The molecular formula is C16H25N3OS. The molecule has 0 bridgehead atoms. The lowest BCUT2D eigenvalue weighted by Crippen LogP contribution is -2.50. The van der Waals surface area contributed by atoms with Gasteiger partial charge in [-0.05, 0) is 48.1 Å². The van der Waals surface area contributed by atoms with Gasteiger partial charge in [0.15, 0.2) is 0 Å². The summed E-state index contributed by atoms with van der Waals surface area (Å²) in [6.45, 7) is 4.77. The van der Waals surface area contributed by atoms with Crippen LogP contribution in [-0.4, -0.2) is 47.9 Å². The second-order valence-electron chi connectivity index (χ2n) is 6.34. The van der Waals surface area contributed by atoms with Crippen LogP contribution < -0.4 is 5.73 Å². The number of rotatable bonds is 3. The summed E-state index contributed by atoms with van der Waals surface area (Å²) in [4.78, 5) is 17.1. The molecule has 0 unspecified atom stereocenters. The van der Waals surface area contributed by atoms with E-state index in [2.05, 4.69) is 26.6 Å². The lowest BCUT2D eigenvalue weighted by molar-refractivity contribution is -0.138. The first-order chi connectivity index (χ1) is 10.2. The lowest BCUT2D eigenvalue weighted by atomic mass is 9.85. The number of amides is 1. The molecule has 2 aliphatic rings. The molecule has 1 aromatic rings. The van der Waals surface area contributed by atoms with E-state index in [0.29, 0.717) is 11.9 Å². The third-order valence-electron chi connectivity index (χ3n) is 4.79. The van der Waals surface area contributed by atoms with Gasteiger partial charge in [-0.2, -0.15) is 11.3 Å². The lowest BCUT2D eigenvalue weighted by Gasteiger charge is -2.37. The molecule has 1 saturated heterocycles. The molecule has 0 radical (unpaired) electrons. The number of carbonyl (C=O) groups excluding carboxylic acids is 1. The number of hydrogen-bond donors (Lipinski definition) is 1.